The highest BCUT2D eigenvalue weighted by Gasteiger charge is 2.22. The van der Waals surface area contributed by atoms with Gasteiger partial charge in [-0.3, -0.25) is 9.62 Å². The fourth-order valence-electron chi connectivity index (χ4n) is 4.52. The topological polar surface area (TPSA) is 90.6 Å². The lowest BCUT2D eigenvalue weighted by Crippen LogP contribution is -2.37. The highest BCUT2D eigenvalue weighted by atomic mass is 32.2. The Kier molecular flexibility index (Phi) is 6.95. The van der Waals surface area contributed by atoms with E-state index in [-0.39, 0.29) is 4.90 Å². The summed E-state index contributed by atoms with van der Waals surface area (Å²) in [6, 6.07) is 16.6. The molecule has 0 amide bonds. The molecule has 1 aliphatic heterocycles. The molecule has 0 unspecified atom stereocenters. The number of hydrogen-bond donors (Lipinski definition) is 2. The van der Waals surface area contributed by atoms with E-state index >= 15 is 0 Å². The molecule has 2 aromatic carbocycles. The van der Waals surface area contributed by atoms with Crippen molar-refractivity contribution in [3.05, 3.63) is 72.6 Å². The van der Waals surface area contributed by atoms with Gasteiger partial charge in [0.1, 0.15) is 5.65 Å². The van der Waals surface area contributed by atoms with Gasteiger partial charge in [0.05, 0.1) is 29.2 Å². The second kappa shape index (κ2) is 10.3. The van der Waals surface area contributed by atoms with E-state index < -0.39 is 10.0 Å². The van der Waals surface area contributed by atoms with Crippen LogP contribution < -0.4 is 9.62 Å². The first-order valence-corrected chi connectivity index (χ1v) is 13.6. The molecule has 0 atom stereocenters. The molecular formula is C27H31N5O3S. The highest BCUT2D eigenvalue weighted by Crippen LogP contribution is 2.37. The van der Waals surface area contributed by atoms with Crippen molar-refractivity contribution in [3.63, 3.8) is 0 Å². The summed E-state index contributed by atoms with van der Waals surface area (Å²) in [6.07, 6.45) is 4.35. The molecule has 1 saturated heterocycles. The van der Waals surface area contributed by atoms with Gasteiger partial charge in [-0.05, 0) is 41.8 Å². The summed E-state index contributed by atoms with van der Waals surface area (Å²) in [5.74, 6) is 0. The number of morpholine rings is 1. The Morgan fingerprint density at radius 2 is 1.86 bits per heavy atom. The molecule has 2 N–H and O–H groups in total. The molecule has 0 aliphatic carbocycles. The van der Waals surface area contributed by atoms with Gasteiger partial charge in [0.15, 0.2) is 0 Å². The number of fused-ring (bicyclic) bond motifs is 1. The zero-order valence-corrected chi connectivity index (χ0v) is 21.4. The SMILES string of the molecule is CN(C)c1cccc(-c2c[nH]c3ncc(CCN4CCOCC4)c(NS(=O)(=O)c4ccccc4)c23)c1. The van der Waals surface area contributed by atoms with E-state index in [0.717, 1.165) is 60.6 Å². The van der Waals surface area contributed by atoms with E-state index in [9.17, 15) is 8.42 Å². The van der Waals surface area contributed by atoms with Crippen LogP contribution in [0.5, 0.6) is 0 Å². The van der Waals surface area contributed by atoms with Crippen LogP contribution in [-0.2, 0) is 21.2 Å². The van der Waals surface area contributed by atoms with Crippen molar-refractivity contribution < 1.29 is 13.2 Å². The standard InChI is InChI=1S/C27H31N5O3S/c1-31(2)22-8-6-7-20(17-22)24-19-29-27-25(24)26(30-36(33,34)23-9-4-3-5-10-23)21(18-28-27)11-12-32-13-15-35-16-14-32/h3-10,17-19H,11-16H2,1-2H3,(H2,28,29,30). The molecule has 0 bridgehead atoms. The van der Waals surface area contributed by atoms with Crippen molar-refractivity contribution in [2.75, 3.05) is 56.6 Å². The van der Waals surface area contributed by atoms with Gasteiger partial charge in [0, 0.05) is 57.4 Å². The van der Waals surface area contributed by atoms with Crippen LogP contribution in [0.1, 0.15) is 5.56 Å². The van der Waals surface area contributed by atoms with Gasteiger partial charge >= 0.3 is 0 Å². The maximum atomic E-state index is 13.4. The zero-order chi connectivity index (χ0) is 25.1. The van der Waals surface area contributed by atoms with E-state index in [1.807, 2.05) is 43.4 Å². The zero-order valence-electron chi connectivity index (χ0n) is 20.6. The molecule has 0 spiro atoms. The number of benzene rings is 2. The largest absolute Gasteiger partial charge is 0.379 e. The minimum atomic E-state index is -3.80. The Morgan fingerprint density at radius 3 is 2.61 bits per heavy atom. The monoisotopic (exact) mass is 505 g/mol. The fourth-order valence-corrected chi connectivity index (χ4v) is 5.65. The average molecular weight is 506 g/mol. The number of nitrogens with one attached hydrogen (secondary N) is 2. The summed E-state index contributed by atoms with van der Waals surface area (Å²) >= 11 is 0. The van der Waals surface area contributed by atoms with Crippen molar-refractivity contribution in [1.82, 2.24) is 14.9 Å². The van der Waals surface area contributed by atoms with Gasteiger partial charge in [-0.25, -0.2) is 13.4 Å². The number of ether oxygens (including phenoxy) is 1. The van der Waals surface area contributed by atoms with Gasteiger partial charge in [-0.2, -0.15) is 0 Å². The molecule has 2 aromatic heterocycles. The predicted octanol–water partition coefficient (Wildman–Crippen LogP) is 3.97. The van der Waals surface area contributed by atoms with Crippen LogP contribution in [-0.4, -0.2) is 70.2 Å². The van der Waals surface area contributed by atoms with Crippen molar-refractivity contribution in [1.29, 1.82) is 0 Å². The maximum Gasteiger partial charge on any atom is 0.261 e. The molecule has 0 saturated carbocycles. The van der Waals surface area contributed by atoms with Gasteiger partial charge in [-0.1, -0.05) is 30.3 Å². The van der Waals surface area contributed by atoms with Crippen molar-refractivity contribution in [2.45, 2.75) is 11.3 Å². The quantitative estimate of drug-likeness (QED) is 0.377. The van der Waals surface area contributed by atoms with Crippen LogP contribution >= 0.6 is 0 Å². The van der Waals surface area contributed by atoms with Gasteiger partial charge < -0.3 is 14.6 Å². The summed E-state index contributed by atoms with van der Waals surface area (Å²) in [7, 11) is 0.196. The van der Waals surface area contributed by atoms with Crippen LogP contribution in [0.4, 0.5) is 11.4 Å². The minimum Gasteiger partial charge on any atom is -0.379 e. The normalized spacial score (nSPS) is 14.7. The number of sulfonamides is 1. The average Bonchev–Trinajstić information content (AvgIpc) is 3.34. The maximum absolute atomic E-state index is 13.4. The van der Waals surface area contributed by atoms with Crippen LogP contribution in [0.2, 0.25) is 0 Å². The summed E-state index contributed by atoms with van der Waals surface area (Å²) in [6.45, 7) is 3.97. The molecule has 4 aromatic rings. The van der Waals surface area contributed by atoms with Gasteiger partial charge in [0.2, 0.25) is 0 Å². The third kappa shape index (κ3) is 5.09. The molecule has 5 rings (SSSR count). The first kappa shape index (κ1) is 24.3. The van der Waals surface area contributed by atoms with Crippen LogP contribution in [0.3, 0.4) is 0 Å². The van der Waals surface area contributed by atoms with E-state index in [1.165, 1.54) is 0 Å². The lowest BCUT2D eigenvalue weighted by molar-refractivity contribution is 0.0384. The predicted molar refractivity (Wildman–Crippen MR) is 144 cm³/mol. The number of rotatable bonds is 8. The number of pyridine rings is 1. The van der Waals surface area contributed by atoms with Crippen molar-refractivity contribution in [3.8, 4) is 11.1 Å². The molecule has 1 fully saturated rings. The number of hydrogen-bond acceptors (Lipinski definition) is 6. The van der Waals surface area contributed by atoms with Crippen LogP contribution in [0.25, 0.3) is 22.2 Å². The Labute approximate surface area is 212 Å². The number of nitrogens with zero attached hydrogens (tertiary/aromatic N) is 3. The molecule has 0 radical (unpaired) electrons. The molecule has 188 valence electrons. The molecule has 9 heteroatoms. The lowest BCUT2D eigenvalue weighted by atomic mass is 10.0. The summed E-state index contributed by atoms with van der Waals surface area (Å²) in [5, 5.41) is 0.768. The first-order valence-electron chi connectivity index (χ1n) is 12.1. The Hall–Kier alpha value is -3.40. The summed E-state index contributed by atoms with van der Waals surface area (Å²) < 4.78 is 35.3. The Bertz CT molecular complexity index is 1450. The Balaban J connectivity index is 1.61. The molecule has 1 aliphatic rings. The van der Waals surface area contributed by atoms with E-state index in [4.69, 9.17) is 4.74 Å². The smallest absolute Gasteiger partial charge is 0.261 e. The highest BCUT2D eigenvalue weighted by molar-refractivity contribution is 7.92. The van der Waals surface area contributed by atoms with Crippen molar-refractivity contribution >= 4 is 32.4 Å². The third-order valence-electron chi connectivity index (χ3n) is 6.54. The van der Waals surface area contributed by atoms with Crippen LogP contribution in [0, 0.1) is 0 Å². The van der Waals surface area contributed by atoms with Gasteiger partial charge in [0.25, 0.3) is 10.0 Å². The van der Waals surface area contributed by atoms with E-state index in [1.54, 1.807) is 36.5 Å². The molecular weight excluding hydrogens is 474 g/mol. The van der Waals surface area contributed by atoms with Crippen LogP contribution in [0.15, 0.2) is 71.9 Å². The number of aromatic amines is 1. The van der Waals surface area contributed by atoms with E-state index in [2.05, 4.69) is 25.7 Å². The second-order valence-electron chi connectivity index (χ2n) is 9.15. The first-order chi connectivity index (χ1) is 17.4. The second-order valence-corrected chi connectivity index (χ2v) is 10.8. The third-order valence-corrected chi connectivity index (χ3v) is 7.91. The summed E-state index contributed by atoms with van der Waals surface area (Å²) in [5.41, 5.74) is 5.02. The number of aromatic nitrogens is 2. The molecule has 8 nitrogen and oxygen atoms in total. The Morgan fingerprint density at radius 1 is 1.08 bits per heavy atom. The number of anilines is 2. The lowest BCUT2D eigenvalue weighted by Gasteiger charge is -2.26. The minimum absolute atomic E-state index is 0.223. The van der Waals surface area contributed by atoms with Crippen molar-refractivity contribution in [2.24, 2.45) is 0 Å². The van der Waals surface area contributed by atoms with Gasteiger partial charge in [-0.15, -0.1) is 0 Å². The molecule has 3 heterocycles. The van der Waals surface area contributed by atoms with E-state index in [0.29, 0.717) is 17.8 Å². The fraction of sp³-hybridized carbons (Fsp3) is 0.296. The molecule has 36 heavy (non-hydrogen) atoms. The number of H-pyrrole nitrogens is 1. The summed E-state index contributed by atoms with van der Waals surface area (Å²) in [4.78, 5) is 12.5.